The molecule has 19 heavy (non-hydrogen) atoms. The second kappa shape index (κ2) is 7.19. The molecular formula is C14H23N3O2. The summed E-state index contributed by atoms with van der Waals surface area (Å²) in [6, 6.07) is -0.377. The molecule has 0 spiro atoms. The van der Waals surface area contributed by atoms with Crippen LogP contribution in [0.5, 0.6) is 0 Å². The van der Waals surface area contributed by atoms with Crippen LogP contribution in [0.2, 0.25) is 0 Å². The molecule has 1 rings (SSSR count). The Hall–Kier alpha value is -1.49. The number of carbonyl (C=O) groups excluding carboxylic acids is 1. The molecule has 1 aromatic rings. The maximum Gasteiger partial charge on any atom is 0.323 e. The third-order valence-corrected chi connectivity index (χ3v) is 3.43. The lowest BCUT2D eigenvalue weighted by Crippen LogP contribution is -2.44. The Labute approximate surface area is 114 Å². The Morgan fingerprint density at radius 1 is 1.37 bits per heavy atom. The third-order valence-electron chi connectivity index (χ3n) is 3.43. The van der Waals surface area contributed by atoms with Crippen LogP contribution in [-0.2, 0) is 9.53 Å². The summed E-state index contributed by atoms with van der Waals surface area (Å²) in [6.45, 7) is 7.98. The topological polar surface area (TPSA) is 64.1 Å². The minimum atomic E-state index is -0.327. The second-order valence-electron chi connectivity index (χ2n) is 4.80. The highest BCUT2D eigenvalue weighted by Gasteiger charge is 2.27. The monoisotopic (exact) mass is 265 g/mol. The second-order valence-corrected chi connectivity index (χ2v) is 4.80. The van der Waals surface area contributed by atoms with E-state index in [2.05, 4.69) is 22.2 Å². The molecule has 1 heterocycles. The standard InChI is InChI=1S/C14H23N3O2/c1-6-9(2)12(14(18)19-5)17-11(4)13-10(3)15-7-8-16-13/h7-9,11-12,17H,6H2,1-5H3. The van der Waals surface area contributed by atoms with Gasteiger partial charge in [-0.05, 0) is 19.8 Å². The summed E-state index contributed by atoms with van der Waals surface area (Å²) in [5.74, 6) is -0.0328. The summed E-state index contributed by atoms with van der Waals surface area (Å²) >= 11 is 0. The molecule has 106 valence electrons. The molecule has 0 fully saturated rings. The Kier molecular flexibility index (Phi) is 5.89. The van der Waals surface area contributed by atoms with Crippen molar-refractivity contribution in [3.63, 3.8) is 0 Å². The quantitative estimate of drug-likeness (QED) is 0.797. The zero-order valence-electron chi connectivity index (χ0n) is 12.3. The normalized spacial score (nSPS) is 15.6. The van der Waals surface area contributed by atoms with E-state index in [-0.39, 0.29) is 24.0 Å². The fourth-order valence-electron chi connectivity index (χ4n) is 2.02. The molecule has 0 radical (unpaired) electrons. The molecule has 1 aromatic heterocycles. The zero-order valence-corrected chi connectivity index (χ0v) is 12.3. The van der Waals surface area contributed by atoms with Crippen LogP contribution in [0.1, 0.15) is 44.6 Å². The lowest BCUT2D eigenvalue weighted by molar-refractivity contribution is -0.144. The number of nitrogens with one attached hydrogen (secondary N) is 1. The van der Waals surface area contributed by atoms with Crippen molar-refractivity contribution in [1.29, 1.82) is 0 Å². The van der Waals surface area contributed by atoms with E-state index in [9.17, 15) is 4.79 Å². The maximum atomic E-state index is 11.8. The van der Waals surface area contributed by atoms with E-state index in [1.54, 1.807) is 12.4 Å². The molecule has 0 aliphatic carbocycles. The number of hydrogen-bond acceptors (Lipinski definition) is 5. The van der Waals surface area contributed by atoms with E-state index in [0.717, 1.165) is 17.8 Å². The number of rotatable bonds is 6. The first-order valence-electron chi connectivity index (χ1n) is 6.62. The first-order valence-corrected chi connectivity index (χ1v) is 6.62. The van der Waals surface area contributed by atoms with Crippen molar-refractivity contribution in [3.05, 3.63) is 23.8 Å². The third kappa shape index (κ3) is 3.99. The maximum absolute atomic E-state index is 11.8. The number of aryl methyl sites for hydroxylation is 1. The van der Waals surface area contributed by atoms with Gasteiger partial charge in [0.1, 0.15) is 6.04 Å². The Bertz CT molecular complexity index is 423. The summed E-state index contributed by atoms with van der Waals surface area (Å²) in [7, 11) is 1.41. The number of aromatic nitrogens is 2. The Morgan fingerprint density at radius 2 is 2.00 bits per heavy atom. The van der Waals surface area contributed by atoms with Crippen LogP contribution in [0, 0.1) is 12.8 Å². The molecule has 3 unspecified atom stereocenters. The number of carbonyl (C=O) groups is 1. The number of esters is 1. The van der Waals surface area contributed by atoms with E-state index in [0.29, 0.717) is 0 Å². The van der Waals surface area contributed by atoms with Crippen molar-refractivity contribution in [2.45, 2.75) is 46.2 Å². The van der Waals surface area contributed by atoms with E-state index in [1.807, 2.05) is 20.8 Å². The van der Waals surface area contributed by atoms with E-state index in [4.69, 9.17) is 4.74 Å². The number of hydrogen-bond donors (Lipinski definition) is 1. The molecule has 0 bridgehead atoms. The molecule has 5 heteroatoms. The van der Waals surface area contributed by atoms with Gasteiger partial charge in [-0.1, -0.05) is 20.3 Å². The van der Waals surface area contributed by atoms with Gasteiger partial charge in [0.15, 0.2) is 0 Å². The Morgan fingerprint density at radius 3 is 2.53 bits per heavy atom. The first-order chi connectivity index (χ1) is 9.01. The van der Waals surface area contributed by atoms with Gasteiger partial charge in [-0.25, -0.2) is 0 Å². The van der Waals surface area contributed by atoms with Crippen molar-refractivity contribution in [1.82, 2.24) is 15.3 Å². The van der Waals surface area contributed by atoms with Gasteiger partial charge in [-0.3, -0.25) is 20.1 Å². The largest absolute Gasteiger partial charge is 0.468 e. The van der Waals surface area contributed by atoms with E-state index >= 15 is 0 Å². The number of ether oxygens (including phenoxy) is 1. The fraction of sp³-hybridized carbons (Fsp3) is 0.643. The highest BCUT2D eigenvalue weighted by molar-refractivity contribution is 5.76. The van der Waals surface area contributed by atoms with Gasteiger partial charge in [-0.2, -0.15) is 0 Å². The van der Waals surface area contributed by atoms with Crippen molar-refractivity contribution in [2.75, 3.05) is 7.11 Å². The van der Waals surface area contributed by atoms with Crippen LogP contribution < -0.4 is 5.32 Å². The van der Waals surface area contributed by atoms with Crippen LogP contribution in [-0.4, -0.2) is 29.1 Å². The average Bonchev–Trinajstić information content (AvgIpc) is 2.43. The molecular weight excluding hydrogens is 242 g/mol. The van der Waals surface area contributed by atoms with Crippen molar-refractivity contribution < 1.29 is 9.53 Å². The Balaban J connectivity index is 2.85. The van der Waals surface area contributed by atoms with Crippen molar-refractivity contribution in [2.24, 2.45) is 5.92 Å². The van der Waals surface area contributed by atoms with Crippen LogP contribution in [0.15, 0.2) is 12.4 Å². The summed E-state index contributed by atoms with van der Waals surface area (Å²) in [5.41, 5.74) is 1.73. The van der Waals surface area contributed by atoms with Crippen molar-refractivity contribution >= 4 is 5.97 Å². The van der Waals surface area contributed by atoms with E-state index < -0.39 is 0 Å². The lowest BCUT2D eigenvalue weighted by atomic mass is 9.98. The smallest absolute Gasteiger partial charge is 0.323 e. The average molecular weight is 265 g/mol. The van der Waals surface area contributed by atoms with Gasteiger partial charge in [-0.15, -0.1) is 0 Å². The first kappa shape index (κ1) is 15.6. The lowest BCUT2D eigenvalue weighted by Gasteiger charge is -2.25. The molecule has 0 aromatic carbocycles. The molecule has 3 atom stereocenters. The highest BCUT2D eigenvalue weighted by atomic mass is 16.5. The van der Waals surface area contributed by atoms with Gasteiger partial charge in [0.2, 0.25) is 0 Å². The van der Waals surface area contributed by atoms with Gasteiger partial charge < -0.3 is 4.74 Å². The van der Waals surface area contributed by atoms with Crippen LogP contribution in [0.3, 0.4) is 0 Å². The molecule has 0 saturated carbocycles. The molecule has 5 nitrogen and oxygen atoms in total. The summed E-state index contributed by atoms with van der Waals surface area (Å²) in [4.78, 5) is 20.4. The van der Waals surface area contributed by atoms with Gasteiger partial charge >= 0.3 is 5.97 Å². The zero-order chi connectivity index (χ0) is 14.4. The summed E-state index contributed by atoms with van der Waals surface area (Å²) in [5, 5.41) is 3.30. The minimum absolute atomic E-state index is 0.0493. The summed E-state index contributed by atoms with van der Waals surface area (Å²) < 4.78 is 4.86. The van der Waals surface area contributed by atoms with Gasteiger partial charge in [0.05, 0.1) is 18.5 Å². The van der Waals surface area contributed by atoms with Crippen LogP contribution >= 0.6 is 0 Å². The number of methoxy groups -OCH3 is 1. The van der Waals surface area contributed by atoms with Crippen LogP contribution in [0.25, 0.3) is 0 Å². The molecule has 0 aliphatic rings. The van der Waals surface area contributed by atoms with E-state index in [1.165, 1.54) is 7.11 Å². The van der Waals surface area contributed by atoms with Crippen LogP contribution in [0.4, 0.5) is 0 Å². The molecule has 0 aliphatic heterocycles. The predicted molar refractivity (Wildman–Crippen MR) is 73.6 cm³/mol. The minimum Gasteiger partial charge on any atom is -0.468 e. The molecule has 0 amide bonds. The number of nitrogens with zero attached hydrogens (tertiary/aromatic N) is 2. The summed E-state index contributed by atoms with van der Waals surface area (Å²) in [6.07, 6.45) is 4.23. The highest BCUT2D eigenvalue weighted by Crippen LogP contribution is 2.17. The SMILES string of the molecule is CCC(C)C(NC(C)c1nccnc1C)C(=O)OC. The predicted octanol–water partition coefficient (Wildman–Crippen LogP) is 2.02. The van der Waals surface area contributed by atoms with Crippen molar-refractivity contribution in [3.8, 4) is 0 Å². The molecule has 0 saturated heterocycles. The fourth-order valence-corrected chi connectivity index (χ4v) is 2.02. The molecule has 1 N–H and O–H groups in total. The van der Waals surface area contributed by atoms with Gasteiger partial charge in [0, 0.05) is 18.4 Å². The van der Waals surface area contributed by atoms with Gasteiger partial charge in [0.25, 0.3) is 0 Å².